The molecule has 3 heteroatoms. The number of nitrogens with zero attached hydrogens (tertiary/aromatic N) is 1. The Morgan fingerprint density at radius 3 is 3.00 bits per heavy atom. The van der Waals surface area contributed by atoms with Gasteiger partial charge in [0.25, 0.3) is 0 Å². The average molecular weight is 181 g/mol. The number of halogens is 1. The van der Waals surface area contributed by atoms with E-state index in [1.54, 1.807) is 6.20 Å². The third-order valence-electron chi connectivity index (χ3n) is 1.35. The molecule has 1 heterocycles. The van der Waals surface area contributed by atoms with Crippen LogP contribution in [0.1, 0.15) is 11.1 Å². The lowest BCUT2D eigenvalue weighted by atomic mass is 10.2. The number of aryl methyl sites for hydroxylation is 1. The fraction of sp³-hybridized carbons (Fsp3) is 0.222. The third kappa shape index (κ3) is 2.23. The molecular weight excluding hydrogens is 172 g/mol. The van der Waals surface area contributed by atoms with Crippen molar-refractivity contribution in [2.24, 2.45) is 5.73 Å². The van der Waals surface area contributed by atoms with Crippen molar-refractivity contribution in [1.82, 2.24) is 4.98 Å². The molecule has 1 aromatic rings. The molecule has 0 amide bonds. The average Bonchev–Trinajstić information content (AvgIpc) is 2.07. The Kier molecular flexibility index (Phi) is 3.09. The van der Waals surface area contributed by atoms with Crippen molar-refractivity contribution < 1.29 is 0 Å². The van der Waals surface area contributed by atoms with Crippen LogP contribution in [-0.2, 0) is 0 Å². The summed E-state index contributed by atoms with van der Waals surface area (Å²) in [6.07, 6.45) is 1.64. The molecule has 0 unspecified atom stereocenters. The van der Waals surface area contributed by atoms with Crippen LogP contribution >= 0.6 is 11.6 Å². The highest BCUT2D eigenvalue weighted by Crippen LogP contribution is 2.11. The topological polar surface area (TPSA) is 38.9 Å². The van der Waals surface area contributed by atoms with Gasteiger partial charge in [0, 0.05) is 11.8 Å². The molecule has 2 N–H and O–H groups in total. The lowest BCUT2D eigenvalue weighted by molar-refractivity contribution is 1.25. The van der Waals surface area contributed by atoms with Gasteiger partial charge in [-0.25, -0.2) is 4.98 Å². The molecule has 1 rings (SSSR count). The van der Waals surface area contributed by atoms with Crippen LogP contribution in [0.3, 0.4) is 0 Å². The largest absolute Gasteiger partial charge is 0.320 e. The number of hydrogen-bond acceptors (Lipinski definition) is 2. The molecule has 0 bridgehead atoms. The van der Waals surface area contributed by atoms with Gasteiger partial charge in [0.2, 0.25) is 0 Å². The summed E-state index contributed by atoms with van der Waals surface area (Å²) in [4.78, 5) is 3.95. The highest BCUT2D eigenvalue weighted by Gasteiger charge is 1.95. The van der Waals surface area contributed by atoms with E-state index in [1.165, 1.54) is 0 Å². The molecule has 0 aromatic carbocycles. The van der Waals surface area contributed by atoms with Crippen LogP contribution in [0.5, 0.6) is 0 Å². The van der Waals surface area contributed by atoms with Gasteiger partial charge in [-0.15, -0.1) is 0 Å². The van der Waals surface area contributed by atoms with Crippen molar-refractivity contribution in [2.75, 3.05) is 6.54 Å². The molecule has 0 saturated carbocycles. The van der Waals surface area contributed by atoms with Crippen LogP contribution in [0.25, 0.3) is 0 Å². The lowest BCUT2D eigenvalue weighted by Crippen LogP contribution is -1.93. The number of hydrogen-bond donors (Lipinski definition) is 1. The summed E-state index contributed by atoms with van der Waals surface area (Å²) in [5.74, 6) is 5.62. The second-order valence-corrected chi connectivity index (χ2v) is 2.70. The van der Waals surface area contributed by atoms with Gasteiger partial charge < -0.3 is 5.73 Å². The van der Waals surface area contributed by atoms with Gasteiger partial charge in [-0.3, -0.25) is 0 Å². The summed E-state index contributed by atoms with van der Waals surface area (Å²) >= 11 is 5.73. The third-order valence-corrected chi connectivity index (χ3v) is 1.74. The van der Waals surface area contributed by atoms with Crippen molar-refractivity contribution in [3.05, 3.63) is 28.5 Å². The maximum atomic E-state index is 5.73. The Morgan fingerprint density at radius 1 is 1.67 bits per heavy atom. The molecule has 0 spiro atoms. The summed E-state index contributed by atoms with van der Waals surface area (Å²) in [6.45, 7) is 2.25. The molecule has 0 radical (unpaired) electrons. The Labute approximate surface area is 76.8 Å². The molecule has 12 heavy (non-hydrogen) atoms. The van der Waals surface area contributed by atoms with E-state index >= 15 is 0 Å². The first-order valence-electron chi connectivity index (χ1n) is 3.55. The van der Waals surface area contributed by atoms with Crippen LogP contribution in [-0.4, -0.2) is 11.5 Å². The first-order valence-corrected chi connectivity index (χ1v) is 3.93. The summed E-state index contributed by atoms with van der Waals surface area (Å²) in [6, 6.07) is 1.89. The van der Waals surface area contributed by atoms with Gasteiger partial charge in [-0.2, -0.15) is 0 Å². The fourth-order valence-corrected chi connectivity index (χ4v) is 0.883. The molecule has 0 atom stereocenters. The predicted octanol–water partition coefficient (Wildman–Crippen LogP) is 1.35. The van der Waals surface area contributed by atoms with E-state index in [4.69, 9.17) is 17.3 Å². The van der Waals surface area contributed by atoms with E-state index in [9.17, 15) is 0 Å². The predicted molar refractivity (Wildman–Crippen MR) is 49.9 cm³/mol. The molecule has 1 aromatic heterocycles. The van der Waals surface area contributed by atoms with Gasteiger partial charge in [0.15, 0.2) is 0 Å². The number of nitrogens with two attached hydrogens (primary N) is 1. The molecule has 2 nitrogen and oxygen atoms in total. The SMILES string of the molecule is Cc1cc(C#CCN)cnc1Cl. The normalized spacial score (nSPS) is 8.92. The van der Waals surface area contributed by atoms with Gasteiger partial charge in [-0.1, -0.05) is 23.4 Å². The van der Waals surface area contributed by atoms with E-state index in [2.05, 4.69) is 16.8 Å². The molecule has 0 saturated heterocycles. The number of pyridine rings is 1. The Morgan fingerprint density at radius 2 is 2.42 bits per heavy atom. The number of rotatable bonds is 0. The van der Waals surface area contributed by atoms with E-state index < -0.39 is 0 Å². The maximum absolute atomic E-state index is 5.73. The zero-order valence-corrected chi connectivity index (χ0v) is 7.52. The maximum Gasteiger partial charge on any atom is 0.132 e. The van der Waals surface area contributed by atoms with E-state index in [-0.39, 0.29) is 0 Å². The smallest absolute Gasteiger partial charge is 0.132 e. The van der Waals surface area contributed by atoms with Crippen LogP contribution in [0.15, 0.2) is 12.3 Å². The summed E-state index contributed by atoms with van der Waals surface area (Å²) in [5.41, 5.74) is 7.00. The van der Waals surface area contributed by atoms with Crippen LogP contribution in [0.2, 0.25) is 5.15 Å². The molecule has 62 valence electrons. The van der Waals surface area contributed by atoms with Crippen molar-refractivity contribution in [2.45, 2.75) is 6.92 Å². The highest BCUT2D eigenvalue weighted by atomic mass is 35.5. The first-order chi connectivity index (χ1) is 5.74. The van der Waals surface area contributed by atoms with Gasteiger partial charge >= 0.3 is 0 Å². The van der Waals surface area contributed by atoms with Crippen molar-refractivity contribution in [3.63, 3.8) is 0 Å². The highest BCUT2D eigenvalue weighted by molar-refractivity contribution is 6.30. The first kappa shape index (κ1) is 9.05. The monoisotopic (exact) mass is 180 g/mol. The Balaban J connectivity index is 2.97. The molecule has 0 aliphatic heterocycles. The van der Waals surface area contributed by atoms with Crippen LogP contribution in [0.4, 0.5) is 0 Å². The van der Waals surface area contributed by atoms with Crippen LogP contribution in [0, 0.1) is 18.8 Å². The minimum atomic E-state index is 0.363. The van der Waals surface area contributed by atoms with E-state index in [0.717, 1.165) is 11.1 Å². The standard InChI is InChI=1S/C9H9ClN2/c1-7-5-8(3-2-4-11)6-12-9(7)10/h5-6H,4,11H2,1H3. The molecular formula is C9H9ClN2. The summed E-state index contributed by atoms with van der Waals surface area (Å²) in [7, 11) is 0. The van der Waals surface area contributed by atoms with Crippen LogP contribution < -0.4 is 5.73 Å². The lowest BCUT2D eigenvalue weighted by Gasteiger charge is -1.95. The van der Waals surface area contributed by atoms with Crippen molar-refractivity contribution in [3.8, 4) is 11.8 Å². The quantitative estimate of drug-likeness (QED) is 0.484. The molecule has 0 aliphatic rings. The second-order valence-electron chi connectivity index (χ2n) is 2.34. The van der Waals surface area contributed by atoms with E-state index in [0.29, 0.717) is 11.7 Å². The van der Waals surface area contributed by atoms with Gasteiger partial charge in [-0.05, 0) is 18.6 Å². The Bertz CT molecular complexity index is 336. The summed E-state index contributed by atoms with van der Waals surface area (Å²) < 4.78 is 0. The minimum Gasteiger partial charge on any atom is -0.320 e. The zero-order chi connectivity index (χ0) is 8.97. The van der Waals surface area contributed by atoms with Gasteiger partial charge in [0.05, 0.1) is 6.54 Å². The van der Waals surface area contributed by atoms with Gasteiger partial charge in [0.1, 0.15) is 5.15 Å². The molecule has 0 aliphatic carbocycles. The second kappa shape index (κ2) is 4.10. The van der Waals surface area contributed by atoms with Crippen molar-refractivity contribution >= 4 is 11.6 Å². The fourth-order valence-electron chi connectivity index (χ4n) is 0.780. The van der Waals surface area contributed by atoms with E-state index in [1.807, 2.05) is 13.0 Å². The Hall–Kier alpha value is -1.04. The minimum absolute atomic E-state index is 0.363. The molecule has 0 fully saturated rings. The van der Waals surface area contributed by atoms with Crippen molar-refractivity contribution in [1.29, 1.82) is 0 Å². The number of aromatic nitrogens is 1. The zero-order valence-electron chi connectivity index (χ0n) is 6.76. The summed E-state index contributed by atoms with van der Waals surface area (Å²) in [5, 5.41) is 0.522.